The van der Waals surface area contributed by atoms with Crippen molar-refractivity contribution >= 4 is 11.6 Å². The topological polar surface area (TPSA) is 53.0 Å². The number of hydrogen-bond acceptors (Lipinski definition) is 2. The monoisotopic (exact) mass is 196 g/mol. The Morgan fingerprint density at radius 2 is 2.14 bits per heavy atom. The molecule has 3 heteroatoms. The third-order valence-electron chi connectivity index (χ3n) is 2.79. The third kappa shape index (κ3) is 3.48. The molecular formula is C11H20N2O. The molecule has 0 radical (unpaired) electrons. The molecule has 3 nitrogen and oxygen atoms in total. The van der Waals surface area contributed by atoms with E-state index in [4.69, 9.17) is 5.41 Å². The van der Waals surface area contributed by atoms with Crippen LogP contribution in [0.25, 0.3) is 0 Å². The van der Waals surface area contributed by atoms with Crippen LogP contribution in [0.4, 0.5) is 0 Å². The highest BCUT2D eigenvalue weighted by Crippen LogP contribution is 2.27. The molecule has 0 heterocycles. The van der Waals surface area contributed by atoms with E-state index < -0.39 is 0 Å². The highest BCUT2D eigenvalue weighted by atomic mass is 16.1. The van der Waals surface area contributed by atoms with E-state index >= 15 is 0 Å². The van der Waals surface area contributed by atoms with Crippen LogP contribution in [0.5, 0.6) is 0 Å². The quantitative estimate of drug-likeness (QED) is 0.628. The van der Waals surface area contributed by atoms with E-state index in [-0.39, 0.29) is 5.91 Å². The van der Waals surface area contributed by atoms with Crippen LogP contribution in [0.3, 0.4) is 0 Å². The molecule has 0 aromatic carbocycles. The second-order valence-electron chi connectivity index (χ2n) is 4.00. The van der Waals surface area contributed by atoms with Gasteiger partial charge in [0.1, 0.15) is 0 Å². The van der Waals surface area contributed by atoms with Gasteiger partial charge in [0.25, 0.3) is 0 Å². The number of rotatable bonds is 6. The molecule has 1 saturated carbocycles. The average Bonchev–Trinajstić information content (AvgIpc) is 2.01. The Labute approximate surface area is 85.8 Å². The Balaban J connectivity index is 2.02. The molecule has 0 aliphatic heterocycles. The number of carbonyl (C=O) groups is 1. The maximum atomic E-state index is 11.1. The van der Waals surface area contributed by atoms with Crippen molar-refractivity contribution in [1.82, 2.24) is 5.32 Å². The summed E-state index contributed by atoms with van der Waals surface area (Å²) < 4.78 is 0. The summed E-state index contributed by atoms with van der Waals surface area (Å²) in [5.74, 6) is 0.645. The summed E-state index contributed by atoms with van der Waals surface area (Å²) in [6.45, 7) is 2.64. The highest BCUT2D eigenvalue weighted by molar-refractivity contribution is 5.85. The second-order valence-corrected chi connectivity index (χ2v) is 4.00. The molecule has 0 aromatic rings. The molecule has 0 bridgehead atoms. The van der Waals surface area contributed by atoms with E-state index in [0.717, 1.165) is 18.6 Å². The van der Waals surface area contributed by atoms with Crippen LogP contribution < -0.4 is 5.32 Å². The second kappa shape index (κ2) is 5.78. The fraction of sp³-hybridized carbons (Fsp3) is 0.818. The highest BCUT2D eigenvalue weighted by Gasteiger charge is 2.21. The standard InChI is InChI=1S/C11H20N2O/c1-2-4-11(14)13-8-7-10(12)9-5-3-6-9/h9,12H,2-8H2,1H3,(H,13,14). The summed E-state index contributed by atoms with van der Waals surface area (Å²) in [6, 6.07) is 0. The molecule has 2 N–H and O–H groups in total. The lowest BCUT2D eigenvalue weighted by atomic mass is 9.81. The molecule has 0 saturated heterocycles. The minimum atomic E-state index is 0.119. The van der Waals surface area contributed by atoms with E-state index in [1.165, 1.54) is 19.3 Å². The number of hydrogen-bond donors (Lipinski definition) is 2. The molecule has 0 atom stereocenters. The summed E-state index contributed by atoms with van der Waals surface area (Å²) in [5.41, 5.74) is 0.827. The first-order valence-corrected chi connectivity index (χ1v) is 5.58. The molecule has 14 heavy (non-hydrogen) atoms. The summed E-state index contributed by atoms with van der Waals surface area (Å²) in [4.78, 5) is 11.1. The first-order chi connectivity index (χ1) is 6.74. The maximum Gasteiger partial charge on any atom is 0.219 e. The summed E-state index contributed by atoms with van der Waals surface area (Å²) >= 11 is 0. The zero-order chi connectivity index (χ0) is 10.4. The van der Waals surface area contributed by atoms with Gasteiger partial charge in [-0.05, 0) is 25.2 Å². The van der Waals surface area contributed by atoms with Gasteiger partial charge in [0.2, 0.25) is 5.91 Å². The zero-order valence-corrected chi connectivity index (χ0v) is 8.94. The van der Waals surface area contributed by atoms with Crippen LogP contribution in [-0.2, 0) is 4.79 Å². The zero-order valence-electron chi connectivity index (χ0n) is 8.94. The Morgan fingerprint density at radius 1 is 1.43 bits per heavy atom. The molecule has 1 amide bonds. The Morgan fingerprint density at radius 3 is 2.64 bits per heavy atom. The Hall–Kier alpha value is -0.860. The van der Waals surface area contributed by atoms with Crippen LogP contribution >= 0.6 is 0 Å². The van der Waals surface area contributed by atoms with Gasteiger partial charge in [-0.15, -0.1) is 0 Å². The molecular weight excluding hydrogens is 176 g/mol. The summed E-state index contributed by atoms with van der Waals surface area (Å²) in [5, 5.41) is 10.6. The van der Waals surface area contributed by atoms with Gasteiger partial charge in [0.05, 0.1) is 0 Å². The van der Waals surface area contributed by atoms with Crippen molar-refractivity contribution in [2.45, 2.75) is 45.4 Å². The van der Waals surface area contributed by atoms with Gasteiger partial charge in [-0.2, -0.15) is 0 Å². The first kappa shape index (κ1) is 11.2. The summed E-state index contributed by atoms with van der Waals surface area (Å²) in [6.07, 6.45) is 5.88. The van der Waals surface area contributed by atoms with Crippen molar-refractivity contribution in [2.24, 2.45) is 5.92 Å². The Kier molecular flexibility index (Phi) is 4.63. The fourth-order valence-corrected chi connectivity index (χ4v) is 1.61. The van der Waals surface area contributed by atoms with E-state index in [0.29, 0.717) is 18.9 Å². The van der Waals surface area contributed by atoms with Crippen LogP contribution in [0.1, 0.15) is 45.4 Å². The lowest BCUT2D eigenvalue weighted by Gasteiger charge is -2.26. The van der Waals surface area contributed by atoms with Crippen LogP contribution in [0.2, 0.25) is 0 Å². The number of amides is 1. The van der Waals surface area contributed by atoms with Gasteiger partial charge >= 0.3 is 0 Å². The lowest BCUT2D eigenvalue weighted by molar-refractivity contribution is -0.121. The predicted octanol–water partition coefficient (Wildman–Crippen LogP) is 2.11. The molecule has 0 unspecified atom stereocenters. The molecule has 1 aliphatic carbocycles. The van der Waals surface area contributed by atoms with Gasteiger partial charge in [0, 0.05) is 25.1 Å². The predicted molar refractivity (Wildman–Crippen MR) is 57.6 cm³/mol. The van der Waals surface area contributed by atoms with Crippen molar-refractivity contribution in [2.75, 3.05) is 6.54 Å². The minimum Gasteiger partial charge on any atom is -0.356 e. The van der Waals surface area contributed by atoms with Crippen molar-refractivity contribution < 1.29 is 4.79 Å². The number of nitrogens with one attached hydrogen (secondary N) is 2. The van der Waals surface area contributed by atoms with E-state index in [9.17, 15) is 4.79 Å². The Bertz CT molecular complexity index is 209. The number of carbonyl (C=O) groups excluding carboxylic acids is 1. The molecule has 1 fully saturated rings. The first-order valence-electron chi connectivity index (χ1n) is 5.58. The van der Waals surface area contributed by atoms with E-state index in [1.807, 2.05) is 6.92 Å². The maximum absolute atomic E-state index is 11.1. The molecule has 0 spiro atoms. The van der Waals surface area contributed by atoms with Crippen molar-refractivity contribution in [3.63, 3.8) is 0 Å². The third-order valence-corrected chi connectivity index (χ3v) is 2.79. The largest absolute Gasteiger partial charge is 0.356 e. The van der Waals surface area contributed by atoms with Gasteiger partial charge < -0.3 is 10.7 Å². The van der Waals surface area contributed by atoms with Crippen molar-refractivity contribution in [3.8, 4) is 0 Å². The van der Waals surface area contributed by atoms with Crippen molar-refractivity contribution in [3.05, 3.63) is 0 Å². The van der Waals surface area contributed by atoms with Crippen molar-refractivity contribution in [1.29, 1.82) is 5.41 Å². The minimum absolute atomic E-state index is 0.119. The van der Waals surface area contributed by atoms with Gasteiger partial charge in [-0.1, -0.05) is 13.3 Å². The SMILES string of the molecule is CCCC(=O)NCCC(=N)C1CCC1. The van der Waals surface area contributed by atoms with E-state index in [1.54, 1.807) is 0 Å². The van der Waals surface area contributed by atoms with Crippen LogP contribution in [0, 0.1) is 11.3 Å². The van der Waals surface area contributed by atoms with E-state index in [2.05, 4.69) is 5.32 Å². The molecule has 80 valence electrons. The molecule has 0 aromatic heterocycles. The van der Waals surface area contributed by atoms with Gasteiger partial charge in [-0.25, -0.2) is 0 Å². The van der Waals surface area contributed by atoms with Crippen LogP contribution in [-0.4, -0.2) is 18.2 Å². The molecule has 1 rings (SSSR count). The fourth-order valence-electron chi connectivity index (χ4n) is 1.61. The van der Waals surface area contributed by atoms with Crippen LogP contribution in [0.15, 0.2) is 0 Å². The lowest BCUT2D eigenvalue weighted by Crippen LogP contribution is -2.29. The normalized spacial score (nSPS) is 16.1. The smallest absolute Gasteiger partial charge is 0.219 e. The van der Waals surface area contributed by atoms with Gasteiger partial charge in [0.15, 0.2) is 0 Å². The average molecular weight is 196 g/mol. The molecule has 1 aliphatic rings. The summed E-state index contributed by atoms with van der Waals surface area (Å²) in [7, 11) is 0. The van der Waals surface area contributed by atoms with Gasteiger partial charge in [-0.3, -0.25) is 4.79 Å².